The average Bonchev–Trinajstić information content (AvgIpc) is 1.77. The molecule has 1 aromatic rings. The molecular weight excluding hydrogens is 228 g/mol. The summed E-state index contributed by atoms with van der Waals surface area (Å²) in [6.45, 7) is 0. The van der Waals surface area contributed by atoms with Gasteiger partial charge in [-0.3, -0.25) is 0 Å². The first-order chi connectivity index (χ1) is 3.79. The molecule has 0 fully saturated rings. The summed E-state index contributed by atoms with van der Waals surface area (Å²) in [5, 5.41) is 0.572. The van der Waals surface area contributed by atoms with Crippen LogP contribution in [-0.2, 0) is 0 Å². The van der Waals surface area contributed by atoms with E-state index in [2.05, 4.69) is 4.98 Å². The second-order valence-corrected chi connectivity index (χ2v) is 3.70. The Hall–Kier alpha value is 0.239. The zero-order valence-corrected chi connectivity index (χ0v) is 8.19. The van der Waals surface area contributed by atoms with Gasteiger partial charge in [-0.15, -0.1) is 0 Å². The molecule has 0 unspecified atom stereocenters. The Bertz CT molecular complexity index is 151. The second kappa shape index (κ2) is 2.69. The molecule has 40 valence electrons. The van der Waals surface area contributed by atoms with Gasteiger partial charge in [-0.05, 0) is 0 Å². The zero-order chi connectivity index (χ0) is 5.98. The summed E-state index contributed by atoms with van der Waals surface area (Å²) in [4.78, 5) is 3.88. The van der Waals surface area contributed by atoms with E-state index in [4.69, 9.17) is 11.6 Å². The van der Waals surface area contributed by atoms with Gasteiger partial charge in [0.05, 0.1) is 0 Å². The quantitative estimate of drug-likeness (QED) is 0.462. The van der Waals surface area contributed by atoms with Crippen molar-refractivity contribution in [3.63, 3.8) is 0 Å². The fourth-order valence-electron chi connectivity index (χ4n) is 0.387. The fraction of sp³-hybridized carbons (Fsp3) is 0. The third-order valence-corrected chi connectivity index (χ3v) is 1.95. The van der Waals surface area contributed by atoms with Gasteiger partial charge in [0.15, 0.2) is 0 Å². The van der Waals surface area contributed by atoms with Gasteiger partial charge in [-0.2, -0.15) is 0 Å². The van der Waals surface area contributed by atoms with Gasteiger partial charge in [0.1, 0.15) is 0 Å². The number of rotatable bonds is 0. The Balaban J connectivity index is 3.03. The molecule has 3 heteroatoms. The van der Waals surface area contributed by atoms with E-state index in [9.17, 15) is 0 Å². The van der Waals surface area contributed by atoms with Crippen molar-refractivity contribution in [3.05, 3.63) is 23.5 Å². The standard InChI is InChI=1S/C5H3ClN.Sn.H/c6-5-3-1-2-4-7-5;;/h1,3-4H;;. The van der Waals surface area contributed by atoms with Gasteiger partial charge in [0, 0.05) is 0 Å². The molecule has 1 aromatic heterocycles. The average molecular weight is 232 g/mol. The van der Waals surface area contributed by atoms with E-state index in [1.807, 2.05) is 12.1 Å². The molecule has 0 N–H and O–H groups in total. The Kier molecular flexibility index (Phi) is 2.14. The van der Waals surface area contributed by atoms with Crippen LogP contribution in [0, 0.1) is 0 Å². The minimum atomic E-state index is 0.572. The predicted octanol–water partition coefficient (Wildman–Crippen LogP) is 0.261. The summed E-state index contributed by atoms with van der Waals surface area (Å²) in [6, 6.07) is 3.79. The summed E-state index contributed by atoms with van der Waals surface area (Å²) < 4.78 is 1.26. The number of aromatic nitrogens is 1. The van der Waals surface area contributed by atoms with Crippen LogP contribution in [-0.4, -0.2) is 27.5 Å². The molecule has 0 saturated carbocycles. The van der Waals surface area contributed by atoms with Crippen LogP contribution in [0.15, 0.2) is 18.3 Å². The number of hydrogen-bond acceptors (Lipinski definition) is 1. The Morgan fingerprint density at radius 2 is 2.25 bits per heavy atom. The van der Waals surface area contributed by atoms with E-state index in [0.29, 0.717) is 5.15 Å². The van der Waals surface area contributed by atoms with Crippen LogP contribution in [0.2, 0.25) is 5.15 Å². The number of pyridine rings is 1. The van der Waals surface area contributed by atoms with Crippen LogP contribution in [0.25, 0.3) is 0 Å². The van der Waals surface area contributed by atoms with Gasteiger partial charge in [-0.25, -0.2) is 0 Å². The number of nitrogens with zero attached hydrogens (tertiary/aromatic N) is 1. The summed E-state index contributed by atoms with van der Waals surface area (Å²) in [7, 11) is 0. The van der Waals surface area contributed by atoms with E-state index in [1.54, 1.807) is 6.20 Å². The molecule has 0 saturated heterocycles. The Morgan fingerprint density at radius 1 is 1.50 bits per heavy atom. The molecule has 0 aliphatic heterocycles. The molecule has 0 aromatic carbocycles. The minimum absolute atomic E-state index is 0.572. The predicted molar refractivity (Wildman–Crippen MR) is 36.0 cm³/mol. The first-order valence-electron chi connectivity index (χ1n) is 2.16. The van der Waals surface area contributed by atoms with Crippen LogP contribution in [0.4, 0.5) is 0 Å². The van der Waals surface area contributed by atoms with Crippen LogP contribution in [0.3, 0.4) is 0 Å². The molecule has 1 nitrogen and oxygen atoms in total. The van der Waals surface area contributed by atoms with Crippen LogP contribution in [0.1, 0.15) is 0 Å². The molecule has 1 heterocycles. The molecule has 0 atom stereocenters. The molecule has 0 spiro atoms. The van der Waals surface area contributed by atoms with E-state index in [1.165, 1.54) is 3.58 Å². The topological polar surface area (TPSA) is 12.9 Å². The molecular formula is C5H4ClNSn. The van der Waals surface area contributed by atoms with Crippen LogP contribution < -0.4 is 3.58 Å². The summed E-state index contributed by atoms with van der Waals surface area (Å²) in [6.07, 6.45) is 1.80. The van der Waals surface area contributed by atoms with Crippen molar-refractivity contribution in [3.8, 4) is 0 Å². The van der Waals surface area contributed by atoms with Crippen molar-refractivity contribution in [2.45, 2.75) is 0 Å². The third-order valence-electron chi connectivity index (χ3n) is 0.750. The normalized spacial score (nSPS) is 9.25. The monoisotopic (exact) mass is 233 g/mol. The molecule has 2 radical (unpaired) electrons. The van der Waals surface area contributed by atoms with E-state index >= 15 is 0 Å². The molecule has 0 aliphatic carbocycles. The summed E-state index contributed by atoms with van der Waals surface area (Å²) in [5.41, 5.74) is 0. The maximum absolute atomic E-state index is 5.51. The van der Waals surface area contributed by atoms with Crippen LogP contribution in [0.5, 0.6) is 0 Å². The van der Waals surface area contributed by atoms with E-state index in [-0.39, 0.29) is 0 Å². The maximum atomic E-state index is 5.51. The van der Waals surface area contributed by atoms with Crippen LogP contribution >= 0.6 is 11.6 Å². The van der Waals surface area contributed by atoms with E-state index < -0.39 is 0 Å². The van der Waals surface area contributed by atoms with Crippen molar-refractivity contribution in [1.29, 1.82) is 0 Å². The molecule has 0 amide bonds. The number of hydrogen-bond donors (Lipinski definition) is 0. The van der Waals surface area contributed by atoms with Gasteiger partial charge < -0.3 is 0 Å². The fourth-order valence-corrected chi connectivity index (χ4v) is 0.986. The molecule has 0 bridgehead atoms. The molecule has 0 aliphatic rings. The zero-order valence-electron chi connectivity index (χ0n) is 4.13. The van der Waals surface area contributed by atoms with Crippen molar-refractivity contribution >= 4 is 37.7 Å². The van der Waals surface area contributed by atoms with Crippen molar-refractivity contribution < 1.29 is 0 Å². The summed E-state index contributed by atoms with van der Waals surface area (Å²) >= 11 is 6.62. The van der Waals surface area contributed by atoms with Gasteiger partial charge >= 0.3 is 66.2 Å². The van der Waals surface area contributed by atoms with E-state index in [0.717, 1.165) is 22.5 Å². The number of halogens is 1. The first-order valence-corrected chi connectivity index (χ1v) is 4.18. The van der Waals surface area contributed by atoms with Gasteiger partial charge in [0.25, 0.3) is 0 Å². The Labute approximate surface area is 66.2 Å². The van der Waals surface area contributed by atoms with Crippen molar-refractivity contribution in [1.82, 2.24) is 4.98 Å². The SMILES string of the molecule is Clc1cc[c]([SnH])cn1. The summed E-state index contributed by atoms with van der Waals surface area (Å²) in [5.74, 6) is 0. The van der Waals surface area contributed by atoms with Crippen molar-refractivity contribution in [2.24, 2.45) is 0 Å². The second-order valence-electron chi connectivity index (χ2n) is 1.41. The Morgan fingerprint density at radius 3 is 2.62 bits per heavy atom. The van der Waals surface area contributed by atoms with Gasteiger partial charge in [-0.1, -0.05) is 0 Å². The third kappa shape index (κ3) is 1.63. The molecule has 8 heavy (non-hydrogen) atoms. The first kappa shape index (κ1) is 6.36. The molecule has 1 rings (SSSR count). The van der Waals surface area contributed by atoms with Crippen molar-refractivity contribution in [2.75, 3.05) is 0 Å². The van der Waals surface area contributed by atoms with Gasteiger partial charge in [0.2, 0.25) is 0 Å².